The van der Waals surface area contributed by atoms with Crippen LogP contribution in [0.1, 0.15) is 55.7 Å². The molecule has 1 aliphatic heterocycles. The Hall–Kier alpha value is -1.47. The van der Waals surface area contributed by atoms with Gasteiger partial charge in [0, 0.05) is 24.6 Å². The normalized spacial score (nSPS) is 23.4. The van der Waals surface area contributed by atoms with Gasteiger partial charge in [-0.1, -0.05) is 11.6 Å². The van der Waals surface area contributed by atoms with Gasteiger partial charge in [-0.25, -0.2) is 0 Å². The summed E-state index contributed by atoms with van der Waals surface area (Å²) in [5.74, 6) is 2.45. The fourth-order valence-corrected chi connectivity index (χ4v) is 4.45. The lowest BCUT2D eigenvalue weighted by atomic mass is 9.86. The third-order valence-corrected chi connectivity index (χ3v) is 5.74. The van der Waals surface area contributed by atoms with Crippen LogP contribution in [0.3, 0.4) is 0 Å². The molecular weight excluding hydrogens is 364 g/mol. The average molecular weight is 391 g/mol. The molecule has 0 radical (unpaired) electrons. The number of ether oxygens (including phenoxy) is 2. The second-order valence-corrected chi connectivity index (χ2v) is 8.00. The molecule has 1 aromatic heterocycles. The van der Waals surface area contributed by atoms with Gasteiger partial charge >= 0.3 is 0 Å². The van der Waals surface area contributed by atoms with Crippen molar-refractivity contribution in [3.63, 3.8) is 0 Å². The van der Waals surface area contributed by atoms with Crippen molar-refractivity contribution in [3.8, 4) is 5.69 Å². The van der Waals surface area contributed by atoms with Crippen molar-refractivity contribution in [2.45, 2.75) is 63.8 Å². The van der Waals surface area contributed by atoms with E-state index < -0.39 is 0 Å². The van der Waals surface area contributed by atoms with Crippen molar-refractivity contribution in [1.29, 1.82) is 0 Å². The summed E-state index contributed by atoms with van der Waals surface area (Å²) < 4.78 is 13.5. The van der Waals surface area contributed by atoms with Gasteiger partial charge in [-0.3, -0.25) is 4.57 Å². The van der Waals surface area contributed by atoms with Gasteiger partial charge in [0.2, 0.25) is 0 Å². The number of fused-ring (bicyclic) bond motifs is 3. The summed E-state index contributed by atoms with van der Waals surface area (Å²) in [6.07, 6.45) is 4.69. The number of methoxy groups -OCH3 is 1. The maximum atomic E-state index is 6.21. The van der Waals surface area contributed by atoms with Crippen molar-refractivity contribution in [2.24, 2.45) is 0 Å². The van der Waals surface area contributed by atoms with E-state index in [0.717, 1.165) is 54.6 Å². The van der Waals surface area contributed by atoms with E-state index in [1.54, 1.807) is 7.11 Å². The molecule has 27 heavy (non-hydrogen) atoms. The van der Waals surface area contributed by atoms with Crippen molar-refractivity contribution in [2.75, 3.05) is 13.7 Å². The van der Waals surface area contributed by atoms with E-state index in [2.05, 4.69) is 33.1 Å². The number of nitrogens with zero attached hydrogens (tertiary/aromatic N) is 3. The minimum Gasteiger partial charge on any atom is -0.382 e. The Kier molecular flexibility index (Phi) is 5.78. The maximum Gasteiger partial charge on any atom is 0.151 e. The van der Waals surface area contributed by atoms with E-state index >= 15 is 0 Å². The fourth-order valence-electron chi connectivity index (χ4n) is 4.25. The van der Waals surface area contributed by atoms with Crippen LogP contribution in [0.5, 0.6) is 0 Å². The summed E-state index contributed by atoms with van der Waals surface area (Å²) in [6.45, 7) is 4.22. The van der Waals surface area contributed by atoms with Gasteiger partial charge in [-0.05, 0) is 56.4 Å². The van der Waals surface area contributed by atoms with Gasteiger partial charge in [0.25, 0.3) is 0 Å². The third kappa shape index (κ3) is 4.04. The number of aromatic nitrogens is 3. The first kappa shape index (κ1) is 18.9. The molecule has 0 saturated heterocycles. The molecule has 1 N–H and O–H groups in total. The summed E-state index contributed by atoms with van der Waals surface area (Å²) in [6, 6.07) is 6.06. The summed E-state index contributed by atoms with van der Waals surface area (Å²) >= 11 is 6.21. The van der Waals surface area contributed by atoms with Crippen molar-refractivity contribution in [3.05, 3.63) is 40.4 Å². The van der Waals surface area contributed by atoms with Crippen LogP contribution < -0.4 is 5.32 Å². The Morgan fingerprint density at radius 3 is 2.81 bits per heavy atom. The standard InChI is InChI=1S/C20H27ClN4O2/c1-13(12-26-2)27-17-6-3-14(4-7-17)20-24-23-19-11-22-10-15-9-16(21)5-8-18(15)25(19)20/h5,8-9,13-14,17,22H,3-4,6-7,10-12H2,1-2H3. The molecule has 1 unspecified atom stereocenters. The van der Waals surface area contributed by atoms with Crippen LogP contribution in [0.2, 0.25) is 5.02 Å². The SMILES string of the molecule is COCC(C)OC1CCC(c2nnc3n2-c2ccc(Cl)cc2CNC3)CC1. The van der Waals surface area contributed by atoms with Crippen molar-refractivity contribution >= 4 is 11.6 Å². The number of hydrogen-bond acceptors (Lipinski definition) is 5. The first-order chi connectivity index (χ1) is 13.2. The zero-order valence-electron chi connectivity index (χ0n) is 15.9. The lowest BCUT2D eigenvalue weighted by Gasteiger charge is -2.30. The average Bonchev–Trinajstić information content (AvgIpc) is 2.98. The highest BCUT2D eigenvalue weighted by Crippen LogP contribution is 2.36. The first-order valence-corrected chi connectivity index (χ1v) is 10.1. The third-order valence-electron chi connectivity index (χ3n) is 5.50. The van der Waals surface area contributed by atoms with Crippen LogP contribution in [0, 0.1) is 0 Å². The lowest BCUT2D eigenvalue weighted by Crippen LogP contribution is -2.28. The summed E-state index contributed by atoms with van der Waals surface area (Å²) in [5.41, 5.74) is 2.33. The summed E-state index contributed by atoms with van der Waals surface area (Å²) in [5, 5.41) is 13.2. The Morgan fingerprint density at radius 1 is 1.22 bits per heavy atom. The Bertz CT molecular complexity index is 786. The molecule has 0 bridgehead atoms. The summed E-state index contributed by atoms with van der Waals surface area (Å²) in [4.78, 5) is 0. The molecule has 4 rings (SSSR count). The molecule has 1 saturated carbocycles. The number of halogens is 1. The second kappa shape index (κ2) is 8.27. The van der Waals surface area contributed by atoms with E-state index in [9.17, 15) is 0 Å². The predicted molar refractivity (Wildman–Crippen MR) is 104 cm³/mol. The minimum absolute atomic E-state index is 0.142. The Labute approximate surface area is 165 Å². The van der Waals surface area contributed by atoms with Crippen LogP contribution in [0.4, 0.5) is 0 Å². The topological polar surface area (TPSA) is 61.2 Å². The molecule has 0 amide bonds. The largest absolute Gasteiger partial charge is 0.382 e. The van der Waals surface area contributed by atoms with Gasteiger partial charge in [-0.15, -0.1) is 10.2 Å². The molecule has 146 valence electrons. The van der Waals surface area contributed by atoms with Crippen LogP contribution in [0.25, 0.3) is 5.69 Å². The monoisotopic (exact) mass is 390 g/mol. The zero-order valence-corrected chi connectivity index (χ0v) is 16.7. The van der Waals surface area contributed by atoms with Crippen LogP contribution in [-0.2, 0) is 22.6 Å². The molecule has 1 aromatic carbocycles. The van der Waals surface area contributed by atoms with Crippen LogP contribution in [0.15, 0.2) is 18.2 Å². The quantitative estimate of drug-likeness (QED) is 0.845. The van der Waals surface area contributed by atoms with E-state index in [1.807, 2.05) is 12.1 Å². The number of benzene rings is 1. The van der Waals surface area contributed by atoms with Gasteiger partial charge in [0.15, 0.2) is 5.82 Å². The molecule has 1 aliphatic carbocycles. The molecule has 2 aliphatic rings. The highest BCUT2D eigenvalue weighted by atomic mass is 35.5. The van der Waals surface area contributed by atoms with E-state index in [-0.39, 0.29) is 6.10 Å². The molecule has 0 spiro atoms. The first-order valence-electron chi connectivity index (χ1n) is 9.73. The van der Waals surface area contributed by atoms with E-state index in [0.29, 0.717) is 25.2 Å². The number of nitrogens with one attached hydrogen (secondary N) is 1. The molecule has 6 nitrogen and oxygen atoms in total. The van der Waals surface area contributed by atoms with E-state index in [4.69, 9.17) is 21.1 Å². The van der Waals surface area contributed by atoms with Gasteiger partial charge in [0.05, 0.1) is 31.0 Å². The highest BCUT2D eigenvalue weighted by molar-refractivity contribution is 6.30. The maximum absolute atomic E-state index is 6.21. The molecular formula is C20H27ClN4O2. The molecule has 7 heteroatoms. The Morgan fingerprint density at radius 2 is 2.04 bits per heavy atom. The smallest absolute Gasteiger partial charge is 0.151 e. The van der Waals surface area contributed by atoms with Gasteiger partial charge < -0.3 is 14.8 Å². The minimum atomic E-state index is 0.142. The van der Waals surface area contributed by atoms with Gasteiger partial charge in [-0.2, -0.15) is 0 Å². The number of hydrogen-bond donors (Lipinski definition) is 1. The molecule has 2 aromatic rings. The van der Waals surface area contributed by atoms with E-state index in [1.165, 1.54) is 5.56 Å². The lowest BCUT2D eigenvalue weighted by molar-refractivity contribution is -0.0538. The highest BCUT2D eigenvalue weighted by Gasteiger charge is 2.30. The van der Waals surface area contributed by atoms with Crippen molar-refractivity contribution in [1.82, 2.24) is 20.1 Å². The predicted octanol–water partition coefficient (Wildman–Crippen LogP) is 3.60. The van der Waals surface area contributed by atoms with Crippen LogP contribution in [-0.4, -0.2) is 40.7 Å². The molecule has 1 atom stereocenters. The fraction of sp³-hybridized carbons (Fsp3) is 0.600. The number of rotatable bonds is 5. The van der Waals surface area contributed by atoms with Gasteiger partial charge in [0.1, 0.15) is 5.82 Å². The second-order valence-electron chi connectivity index (χ2n) is 7.56. The molecule has 2 heterocycles. The van der Waals surface area contributed by atoms with Crippen molar-refractivity contribution < 1.29 is 9.47 Å². The zero-order chi connectivity index (χ0) is 18.8. The Balaban J connectivity index is 1.53. The summed E-state index contributed by atoms with van der Waals surface area (Å²) in [7, 11) is 1.72. The van der Waals surface area contributed by atoms with Crippen LogP contribution >= 0.6 is 11.6 Å². The molecule has 1 fully saturated rings.